The van der Waals surface area contributed by atoms with Crippen LogP contribution in [0, 0.1) is 0 Å². The molecule has 1 rings (SSSR count). The molecule has 1 fully saturated rings. The number of hydrogen-bond acceptors (Lipinski definition) is 3. The third-order valence-electron chi connectivity index (χ3n) is 3.12. The van der Waals surface area contributed by atoms with Crippen LogP contribution in [0.25, 0.3) is 0 Å². The average Bonchev–Trinajstić information content (AvgIpc) is 2.13. The van der Waals surface area contributed by atoms with Crippen LogP contribution in [0.1, 0.15) is 47.5 Å². The van der Waals surface area contributed by atoms with E-state index >= 15 is 0 Å². The summed E-state index contributed by atoms with van der Waals surface area (Å²) in [6.07, 6.45) is 1.12. The molecule has 2 amide bonds. The molecule has 5 heteroatoms. The molecular weight excluding hydrogens is 232 g/mol. The number of nitrogens with zero attached hydrogens (tertiary/aromatic N) is 1. The van der Waals surface area contributed by atoms with Crippen LogP contribution in [0.2, 0.25) is 0 Å². The first-order valence-electron chi connectivity index (χ1n) is 6.38. The van der Waals surface area contributed by atoms with Crippen LogP contribution in [-0.4, -0.2) is 41.1 Å². The average molecular weight is 256 g/mol. The van der Waals surface area contributed by atoms with Gasteiger partial charge in [0.1, 0.15) is 5.60 Å². The smallest absolute Gasteiger partial charge is 0.408 e. The molecule has 1 aliphatic rings. The predicted molar refractivity (Wildman–Crippen MR) is 69.3 cm³/mol. The first-order chi connectivity index (χ1) is 8.11. The summed E-state index contributed by atoms with van der Waals surface area (Å²) in [7, 11) is 0. The summed E-state index contributed by atoms with van der Waals surface area (Å²) in [5.74, 6) is 0.0920. The quantitative estimate of drug-likeness (QED) is 0.779. The van der Waals surface area contributed by atoms with Crippen molar-refractivity contribution in [2.75, 3.05) is 13.1 Å². The molecule has 0 radical (unpaired) electrons. The molecular formula is C13H24N2O3. The number of nitrogens with one attached hydrogen (secondary N) is 1. The third-order valence-corrected chi connectivity index (χ3v) is 3.12. The van der Waals surface area contributed by atoms with E-state index in [9.17, 15) is 9.59 Å². The lowest BCUT2D eigenvalue weighted by Crippen LogP contribution is -2.54. The van der Waals surface area contributed by atoms with E-state index in [1.807, 2.05) is 27.7 Å². The fraction of sp³-hybridized carbons (Fsp3) is 0.846. The standard InChI is InChI=1S/C13H24N2O3/c1-10(16)15-8-6-13(5,7-9-15)14-11(17)18-12(2,3)4/h6-9H2,1-5H3,(H,14,17). The zero-order valence-corrected chi connectivity index (χ0v) is 12.0. The Kier molecular flexibility index (Phi) is 4.24. The molecule has 0 aromatic carbocycles. The monoisotopic (exact) mass is 256 g/mol. The molecule has 0 unspecified atom stereocenters. The van der Waals surface area contributed by atoms with E-state index < -0.39 is 5.60 Å². The van der Waals surface area contributed by atoms with Crippen LogP contribution in [-0.2, 0) is 9.53 Å². The molecule has 1 aliphatic heterocycles. The highest BCUT2D eigenvalue weighted by molar-refractivity contribution is 5.73. The van der Waals surface area contributed by atoms with E-state index in [2.05, 4.69) is 5.32 Å². The zero-order chi connectivity index (χ0) is 14.0. The number of rotatable bonds is 1. The first-order valence-corrected chi connectivity index (χ1v) is 6.38. The highest BCUT2D eigenvalue weighted by atomic mass is 16.6. The number of carbonyl (C=O) groups excluding carboxylic acids is 2. The largest absolute Gasteiger partial charge is 0.444 e. The Hall–Kier alpha value is -1.26. The van der Waals surface area contributed by atoms with Crippen molar-refractivity contribution in [1.29, 1.82) is 0 Å². The minimum Gasteiger partial charge on any atom is -0.444 e. The summed E-state index contributed by atoms with van der Waals surface area (Å²) < 4.78 is 5.25. The van der Waals surface area contributed by atoms with Crippen LogP contribution in [0.4, 0.5) is 4.79 Å². The second-order valence-corrected chi connectivity index (χ2v) is 6.19. The molecule has 0 aromatic heterocycles. The van der Waals surface area contributed by atoms with Gasteiger partial charge in [0.25, 0.3) is 0 Å². The summed E-state index contributed by atoms with van der Waals surface area (Å²) in [5.41, 5.74) is -0.769. The SMILES string of the molecule is CC(=O)N1CCC(C)(NC(=O)OC(C)(C)C)CC1. The number of alkyl carbamates (subject to hydrolysis) is 1. The first kappa shape index (κ1) is 14.8. The molecule has 1 saturated heterocycles. The van der Waals surface area contributed by atoms with Crippen molar-refractivity contribution in [1.82, 2.24) is 10.2 Å². The summed E-state index contributed by atoms with van der Waals surface area (Å²) in [6.45, 7) is 10.5. The van der Waals surface area contributed by atoms with E-state index in [0.29, 0.717) is 13.1 Å². The number of hydrogen-bond donors (Lipinski definition) is 1. The van der Waals surface area contributed by atoms with E-state index in [4.69, 9.17) is 4.74 Å². The number of likely N-dealkylation sites (tertiary alicyclic amines) is 1. The second-order valence-electron chi connectivity index (χ2n) is 6.19. The fourth-order valence-electron chi connectivity index (χ4n) is 1.99. The maximum absolute atomic E-state index is 11.7. The molecule has 0 aliphatic carbocycles. The van der Waals surface area contributed by atoms with E-state index in [1.54, 1.807) is 11.8 Å². The van der Waals surface area contributed by atoms with Crippen molar-refractivity contribution in [2.45, 2.75) is 58.6 Å². The van der Waals surface area contributed by atoms with Gasteiger partial charge in [-0.15, -0.1) is 0 Å². The normalized spacial score (nSPS) is 19.3. The molecule has 18 heavy (non-hydrogen) atoms. The van der Waals surface area contributed by atoms with Crippen molar-refractivity contribution in [3.05, 3.63) is 0 Å². The van der Waals surface area contributed by atoms with Gasteiger partial charge in [-0.05, 0) is 40.5 Å². The molecule has 0 spiro atoms. The maximum atomic E-state index is 11.7. The minimum absolute atomic E-state index is 0.0920. The van der Waals surface area contributed by atoms with Gasteiger partial charge in [-0.2, -0.15) is 0 Å². The van der Waals surface area contributed by atoms with Gasteiger partial charge in [0, 0.05) is 25.6 Å². The van der Waals surface area contributed by atoms with Crippen molar-refractivity contribution < 1.29 is 14.3 Å². The highest BCUT2D eigenvalue weighted by Crippen LogP contribution is 2.22. The zero-order valence-electron chi connectivity index (χ0n) is 12.0. The number of piperidine rings is 1. The molecule has 0 saturated carbocycles. The van der Waals surface area contributed by atoms with Gasteiger partial charge in [0.15, 0.2) is 0 Å². The number of carbonyl (C=O) groups is 2. The lowest BCUT2D eigenvalue weighted by Gasteiger charge is -2.39. The van der Waals surface area contributed by atoms with E-state index in [1.165, 1.54) is 0 Å². The van der Waals surface area contributed by atoms with Crippen LogP contribution in [0.5, 0.6) is 0 Å². The molecule has 1 heterocycles. The third kappa shape index (κ3) is 4.55. The second kappa shape index (κ2) is 5.16. The van der Waals surface area contributed by atoms with Crippen molar-refractivity contribution in [3.63, 3.8) is 0 Å². The maximum Gasteiger partial charge on any atom is 0.408 e. The van der Waals surface area contributed by atoms with Gasteiger partial charge in [0.2, 0.25) is 5.91 Å². The summed E-state index contributed by atoms with van der Waals surface area (Å²) in [6, 6.07) is 0. The molecule has 0 atom stereocenters. The van der Waals surface area contributed by atoms with Gasteiger partial charge in [-0.3, -0.25) is 4.79 Å². The predicted octanol–water partition coefficient (Wildman–Crippen LogP) is 1.91. The van der Waals surface area contributed by atoms with Crippen molar-refractivity contribution in [2.24, 2.45) is 0 Å². The van der Waals surface area contributed by atoms with Gasteiger partial charge < -0.3 is 15.0 Å². The molecule has 5 nitrogen and oxygen atoms in total. The number of amides is 2. The Bertz CT molecular complexity index is 326. The molecule has 1 N–H and O–H groups in total. The van der Waals surface area contributed by atoms with Crippen molar-refractivity contribution >= 4 is 12.0 Å². The molecule has 104 valence electrons. The van der Waals surface area contributed by atoms with Crippen molar-refractivity contribution in [3.8, 4) is 0 Å². The Morgan fingerprint density at radius 1 is 1.22 bits per heavy atom. The van der Waals surface area contributed by atoms with E-state index in [-0.39, 0.29) is 17.5 Å². The van der Waals surface area contributed by atoms with Crippen LogP contribution < -0.4 is 5.32 Å². The number of ether oxygens (including phenoxy) is 1. The van der Waals surface area contributed by atoms with Gasteiger partial charge in [-0.1, -0.05) is 0 Å². The van der Waals surface area contributed by atoms with Crippen LogP contribution >= 0.6 is 0 Å². The van der Waals surface area contributed by atoms with Gasteiger partial charge in [-0.25, -0.2) is 4.79 Å². The van der Waals surface area contributed by atoms with Crippen LogP contribution in [0.3, 0.4) is 0 Å². The summed E-state index contributed by atoms with van der Waals surface area (Å²) in [4.78, 5) is 24.8. The minimum atomic E-state index is -0.486. The fourth-order valence-corrected chi connectivity index (χ4v) is 1.99. The Morgan fingerprint density at radius 2 is 1.72 bits per heavy atom. The Labute approximate surface area is 109 Å². The Morgan fingerprint density at radius 3 is 2.11 bits per heavy atom. The van der Waals surface area contributed by atoms with Crippen LogP contribution in [0.15, 0.2) is 0 Å². The highest BCUT2D eigenvalue weighted by Gasteiger charge is 2.33. The van der Waals surface area contributed by atoms with Gasteiger partial charge >= 0.3 is 6.09 Å². The topological polar surface area (TPSA) is 58.6 Å². The lowest BCUT2D eigenvalue weighted by molar-refractivity contribution is -0.130. The lowest BCUT2D eigenvalue weighted by atomic mass is 9.90. The molecule has 0 bridgehead atoms. The van der Waals surface area contributed by atoms with E-state index in [0.717, 1.165) is 12.8 Å². The summed E-state index contributed by atoms with van der Waals surface area (Å²) in [5, 5.41) is 2.91. The van der Waals surface area contributed by atoms with Gasteiger partial charge in [0.05, 0.1) is 0 Å². The Balaban J connectivity index is 2.48. The summed E-state index contributed by atoms with van der Waals surface area (Å²) >= 11 is 0. The molecule has 0 aromatic rings.